The van der Waals surface area contributed by atoms with E-state index in [-0.39, 0.29) is 0 Å². The van der Waals surface area contributed by atoms with Gasteiger partial charge in [0.2, 0.25) is 0 Å². The van der Waals surface area contributed by atoms with Crippen molar-refractivity contribution >= 4 is 34.0 Å². The average Bonchev–Trinajstić information content (AvgIpc) is 3.27. The molecule has 4 rings (SSSR count). The Labute approximate surface area is 164 Å². The molecule has 0 aliphatic carbocycles. The van der Waals surface area contributed by atoms with E-state index in [2.05, 4.69) is 21.9 Å². The topological polar surface area (TPSA) is 98.7 Å². The molecule has 0 atom stereocenters. The van der Waals surface area contributed by atoms with Crippen molar-refractivity contribution in [1.29, 1.82) is 0 Å². The monoisotopic (exact) mass is 399 g/mol. The van der Waals surface area contributed by atoms with Crippen LogP contribution in [0.15, 0.2) is 43.5 Å². The van der Waals surface area contributed by atoms with Crippen molar-refractivity contribution in [3.8, 4) is 0 Å². The molecule has 0 saturated carbocycles. The number of imidazole rings is 1. The summed E-state index contributed by atoms with van der Waals surface area (Å²) in [5.41, 5.74) is 1.60. The van der Waals surface area contributed by atoms with Gasteiger partial charge in [-0.25, -0.2) is 14.8 Å². The van der Waals surface area contributed by atoms with E-state index in [4.69, 9.17) is 4.42 Å². The van der Waals surface area contributed by atoms with Crippen molar-refractivity contribution in [1.82, 2.24) is 24.1 Å². The second-order valence-electron chi connectivity index (χ2n) is 6.45. The lowest BCUT2D eigenvalue weighted by atomic mass is 10.3. The number of nitrogens with one attached hydrogen (secondary N) is 1. The summed E-state index contributed by atoms with van der Waals surface area (Å²) in [4.78, 5) is 36.2. The van der Waals surface area contributed by atoms with E-state index in [1.807, 2.05) is 35.8 Å². The number of para-hydroxylation sites is 2. The number of hydrogen-bond acceptors (Lipinski definition) is 6. The summed E-state index contributed by atoms with van der Waals surface area (Å²) in [5, 5.41) is 0.549. The van der Waals surface area contributed by atoms with Gasteiger partial charge in [0, 0.05) is 13.1 Å². The first kappa shape index (κ1) is 18.5. The fourth-order valence-corrected chi connectivity index (χ4v) is 4.02. The van der Waals surface area contributed by atoms with Crippen LogP contribution in [0.5, 0.6) is 0 Å². The quantitative estimate of drug-likeness (QED) is 0.479. The van der Waals surface area contributed by atoms with Gasteiger partial charge in [-0.05, 0) is 25.5 Å². The highest BCUT2D eigenvalue weighted by molar-refractivity contribution is 7.98. The molecule has 28 heavy (non-hydrogen) atoms. The fourth-order valence-electron chi connectivity index (χ4n) is 3.23. The predicted octanol–water partition coefficient (Wildman–Crippen LogP) is 3.14. The molecule has 0 bridgehead atoms. The molecule has 3 heterocycles. The Hall–Kier alpha value is -2.81. The lowest BCUT2D eigenvalue weighted by Gasteiger charge is -2.06. The number of fused-ring (bicyclic) bond motifs is 2. The van der Waals surface area contributed by atoms with Crippen LogP contribution in [0.3, 0.4) is 0 Å². The number of oxazole rings is 1. The second kappa shape index (κ2) is 7.67. The van der Waals surface area contributed by atoms with Crippen LogP contribution >= 0.6 is 11.8 Å². The molecule has 1 aromatic carbocycles. The van der Waals surface area contributed by atoms with Gasteiger partial charge in [-0.15, -0.1) is 0 Å². The van der Waals surface area contributed by atoms with Crippen molar-refractivity contribution in [2.24, 2.45) is 0 Å². The zero-order valence-corrected chi connectivity index (χ0v) is 16.6. The van der Waals surface area contributed by atoms with Gasteiger partial charge in [0.05, 0.1) is 5.75 Å². The SMILES string of the molecule is CCCCn1c(=O)[nH]c(=O)c2c1nc(CSc1nc3ccccc3o1)n2CC. The third-order valence-electron chi connectivity index (χ3n) is 4.62. The first-order valence-electron chi connectivity index (χ1n) is 9.33. The Kier molecular flexibility index (Phi) is 5.08. The van der Waals surface area contributed by atoms with E-state index < -0.39 is 11.2 Å². The molecule has 0 radical (unpaired) electrons. The Morgan fingerprint density at radius 1 is 1.14 bits per heavy atom. The molecule has 0 fully saturated rings. The molecule has 0 amide bonds. The van der Waals surface area contributed by atoms with Crippen LogP contribution in [-0.2, 0) is 18.8 Å². The van der Waals surface area contributed by atoms with E-state index in [9.17, 15) is 9.59 Å². The molecular weight excluding hydrogens is 378 g/mol. The van der Waals surface area contributed by atoms with Gasteiger partial charge in [-0.3, -0.25) is 14.3 Å². The zero-order chi connectivity index (χ0) is 19.7. The third kappa shape index (κ3) is 3.26. The summed E-state index contributed by atoms with van der Waals surface area (Å²) in [6.45, 7) is 5.12. The maximum absolute atomic E-state index is 12.4. The third-order valence-corrected chi connectivity index (χ3v) is 5.44. The van der Waals surface area contributed by atoms with E-state index in [0.717, 1.165) is 23.9 Å². The van der Waals surface area contributed by atoms with Crippen LogP contribution in [-0.4, -0.2) is 24.1 Å². The molecule has 8 nitrogen and oxygen atoms in total. The standard InChI is InChI=1S/C19H21N5O3S/c1-3-5-10-24-16-15(17(25)22-18(24)26)23(4-2)14(21-16)11-28-19-20-12-8-6-7-9-13(12)27-19/h6-9H,3-5,10-11H2,1-2H3,(H,22,25,26). The highest BCUT2D eigenvalue weighted by atomic mass is 32.2. The molecule has 0 aliphatic rings. The Morgan fingerprint density at radius 2 is 1.96 bits per heavy atom. The smallest absolute Gasteiger partial charge is 0.330 e. The van der Waals surface area contributed by atoms with E-state index in [0.29, 0.717) is 41.1 Å². The molecule has 0 spiro atoms. The molecule has 3 aromatic heterocycles. The minimum absolute atomic E-state index is 0.403. The van der Waals surface area contributed by atoms with Gasteiger partial charge in [-0.1, -0.05) is 37.2 Å². The number of H-pyrrole nitrogens is 1. The van der Waals surface area contributed by atoms with Crippen LogP contribution in [0.4, 0.5) is 0 Å². The maximum Gasteiger partial charge on any atom is 0.330 e. The van der Waals surface area contributed by atoms with Crippen LogP contribution in [0, 0.1) is 0 Å². The number of aromatic amines is 1. The number of nitrogens with zero attached hydrogens (tertiary/aromatic N) is 4. The number of aryl methyl sites for hydroxylation is 2. The number of thioether (sulfide) groups is 1. The highest BCUT2D eigenvalue weighted by Crippen LogP contribution is 2.26. The van der Waals surface area contributed by atoms with Gasteiger partial charge >= 0.3 is 5.69 Å². The van der Waals surface area contributed by atoms with E-state index >= 15 is 0 Å². The minimum Gasteiger partial charge on any atom is -0.431 e. The van der Waals surface area contributed by atoms with Crippen molar-refractivity contribution in [3.05, 3.63) is 50.9 Å². The first-order valence-corrected chi connectivity index (χ1v) is 10.3. The Bertz CT molecular complexity index is 1220. The molecule has 1 N–H and O–H groups in total. The maximum atomic E-state index is 12.4. The highest BCUT2D eigenvalue weighted by Gasteiger charge is 2.18. The minimum atomic E-state index is -0.412. The first-order chi connectivity index (χ1) is 13.6. The number of aromatic nitrogens is 5. The fraction of sp³-hybridized carbons (Fsp3) is 0.368. The van der Waals surface area contributed by atoms with Gasteiger partial charge in [0.15, 0.2) is 16.7 Å². The van der Waals surface area contributed by atoms with Crippen molar-refractivity contribution in [3.63, 3.8) is 0 Å². The van der Waals surface area contributed by atoms with E-state index in [1.54, 1.807) is 4.57 Å². The van der Waals surface area contributed by atoms with Crippen LogP contribution in [0.1, 0.15) is 32.5 Å². The lowest BCUT2D eigenvalue weighted by molar-refractivity contribution is 0.489. The second-order valence-corrected chi connectivity index (χ2v) is 7.37. The summed E-state index contributed by atoms with van der Waals surface area (Å²) < 4.78 is 9.16. The molecule has 0 aliphatic heterocycles. The van der Waals surface area contributed by atoms with Gasteiger partial charge < -0.3 is 8.98 Å². The van der Waals surface area contributed by atoms with Gasteiger partial charge in [-0.2, -0.15) is 0 Å². The average molecular weight is 399 g/mol. The molecule has 9 heteroatoms. The number of hydrogen-bond donors (Lipinski definition) is 1. The largest absolute Gasteiger partial charge is 0.431 e. The van der Waals surface area contributed by atoms with Crippen LogP contribution < -0.4 is 11.2 Å². The lowest BCUT2D eigenvalue weighted by Crippen LogP contribution is -2.31. The van der Waals surface area contributed by atoms with E-state index in [1.165, 1.54) is 11.8 Å². The Morgan fingerprint density at radius 3 is 2.71 bits per heavy atom. The van der Waals surface area contributed by atoms with Gasteiger partial charge in [0.1, 0.15) is 11.3 Å². The molecule has 0 saturated heterocycles. The zero-order valence-electron chi connectivity index (χ0n) is 15.8. The summed E-state index contributed by atoms with van der Waals surface area (Å²) in [5.74, 6) is 1.20. The predicted molar refractivity (Wildman–Crippen MR) is 109 cm³/mol. The summed E-state index contributed by atoms with van der Waals surface area (Å²) >= 11 is 1.42. The van der Waals surface area contributed by atoms with Crippen LogP contribution in [0.25, 0.3) is 22.3 Å². The van der Waals surface area contributed by atoms with Crippen molar-refractivity contribution in [2.45, 2.75) is 50.8 Å². The number of unbranched alkanes of at least 4 members (excludes halogenated alkanes) is 1. The molecule has 0 unspecified atom stereocenters. The summed E-state index contributed by atoms with van der Waals surface area (Å²) in [6.07, 6.45) is 1.79. The molecule has 146 valence electrons. The van der Waals surface area contributed by atoms with Crippen molar-refractivity contribution in [2.75, 3.05) is 0 Å². The molecule has 4 aromatic rings. The number of benzene rings is 1. The number of rotatable bonds is 7. The molecular formula is C19H21N5O3S. The normalized spacial score (nSPS) is 11.6. The van der Waals surface area contributed by atoms with Crippen LogP contribution in [0.2, 0.25) is 0 Å². The Balaban J connectivity index is 1.72. The van der Waals surface area contributed by atoms with Crippen molar-refractivity contribution < 1.29 is 4.42 Å². The summed E-state index contributed by atoms with van der Waals surface area (Å²) in [7, 11) is 0. The summed E-state index contributed by atoms with van der Waals surface area (Å²) in [6, 6.07) is 7.59. The van der Waals surface area contributed by atoms with Gasteiger partial charge in [0.25, 0.3) is 10.8 Å².